The number of carbonyl (C=O) groups excluding carboxylic acids is 3. The van der Waals surface area contributed by atoms with Crippen molar-refractivity contribution in [2.45, 2.75) is 42.7 Å². The number of carbonyl (C=O) groups is 3. The average Bonchev–Trinajstić information content (AvgIpc) is 3.50. The second-order valence-corrected chi connectivity index (χ2v) is 11.8. The summed E-state index contributed by atoms with van der Waals surface area (Å²) in [5.41, 5.74) is 0.166. The number of aliphatic imine (C=N–C) groups is 1. The van der Waals surface area contributed by atoms with E-state index in [9.17, 15) is 22.8 Å². The molecule has 11 nitrogen and oxygen atoms in total. The van der Waals surface area contributed by atoms with Gasteiger partial charge in [-0.05, 0) is 44.0 Å². The molecule has 0 radical (unpaired) electrons. The molecule has 0 saturated carbocycles. The normalized spacial score (nSPS) is 22.3. The maximum atomic E-state index is 14.4. The zero-order chi connectivity index (χ0) is 30.4. The molecule has 2 aromatic rings. The van der Waals surface area contributed by atoms with E-state index in [0.29, 0.717) is 11.3 Å². The molecule has 0 unspecified atom stereocenters. The van der Waals surface area contributed by atoms with Crippen LogP contribution in [0.5, 0.6) is 0 Å². The lowest BCUT2D eigenvalue weighted by molar-refractivity contribution is -0.144. The minimum absolute atomic E-state index is 0.0827. The van der Waals surface area contributed by atoms with E-state index >= 15 is 0 Å². The minimum Gasteiger partial charge on any atom is -0.467 e. The highest BCUT2D eigenvalue weighted by Crippen LogP contribution is 2.58. The summed E-state index contributed by atoms with van der Waals surface area (Å²) in [4.78, 5) is 46.3. The first-order valence-electron chi connectivity index (χ1n) is 13.0. The maximum absolute atomic E-state index is 14.4. The van der Waals surface area contributed by atoms with Crippen LogP contribution in [0.2, 0.25) is 0 Å². The van der Waals surface area contributed by atoms with Crippen LogP contribution in [-0.4, -0.2) is 76.4 Å². The topological polar surface area (TPSA) is 132 Å². The van der Waals surface area contributed by atoms with Crippen molar-refractivity contribution in [3.63, 3.8) is 0 Å². The number of methoxy groups -OCH3 is 3. The number of fused-ring (bicyclic) bond motifs is 1. The standard InChI is InChI=1S/C30H29N3O8S/c1-6-7-16-32-21-11-9-8-10-20(21)30-17-22(26(34)39-3)33(42(37,38)19-14-12-18(2)13-15-19)29(30)31-24(28(36)41-5)23(25(30)32)27(35)40-4/h8-15,22,25H,16-17H2,1-5H3/t22-,25-,30-/m0/s1. The Labute approximate surface area is 243 Å². The number of aryl methyl sites for hydroxylation is 1. The highest BCUT2D eigenvalue weighted by Gasteiger charge is 2.68. The van der Waals surface area contributed by atoms with Crippen molar-refractivity contribution in [1.29, 1.82) is 0 Å². The van der Waals surface area contributed by atoms with Crippen molar-refractivity contribution in [2.24, 2.45) is 4.99 Å². The monoisotopic (exact) mass is 591 g/mol. The maximum Gasteiger partial charge on any atom is 0.357 e. The number of hydrogen-bond donors (Lipinski definition) is 0. The van der Waals surface area contributed by atoms with Gasteiger partial charge in [0.1, 0.15) is 11.9 Å². The predicted octanol–water partition coefficient (Wildman–Crippen LogP) is 2.09. The van der Waals surface area contributed by atoms with Crippen molar-refractivity contribution in [1.82, 2.24) is 4.31 Å². The third kappa shape index (κ3) is 4.07. The summed E-state index contributed by atoms with van der Waals surface area (Å²) in [5, 5.41) is 0. The number of amidine groups is 1. The largest absolute Gasteiger partial charge is 0.467 e. The van der Waals surface area contributed by atoms with Crippen LogP contribution in [0.3, 0.4) is 0 Å². The molecule has 1 saturated heterocycles. The van der Waals surface area contributed by atoms with E-state index in [4.69, 9.17) is 14.2 Å². The van der Waals surface area contributed by atoms with Crippen LogP contribution in [-0.2, 0) is 44.0 Å². The van der Waals surface area contributed by atoms with E-state index in [1.165, 1.54) is 26.4 Å². The Balaban J connectivity index is 1.90. The second kappa shape index (κ2) is 10.6. The molecular formula is C30H29N3O8S. The van der Waals surface area contributed by atoms with Crippen LogP contribution in [0, 0.1) is 18.8 Å². The molecule has 1 fully saturated rings. The molecular weight excluding hydrogens is 562 g/mol. The molecule has 3 aliphatic rings. The molecule has 42 heavy (non-hydrogen) atoms. The number of anilines is 1. The highest BCUT2D eigenvalue weighted by atomic mass is 32.2. The Bertz CT molecular complexity index is 1720. The molecule has 0 bridgehead atoms. The van der Waals surface area contributed by atoms with Crippen LogP contribution in [0.1, 0.15) is 24.5 Å². The molecule has 3 heterocycles. The fourth-order valence-corrected chi connectivity index (χ4v) is 7.75. The van der Waals surface area contributed by atoms with Crippen molar-refractivity contribution in [3.8, 4) is 11.8 Å². The van der Waals surface area contributed by atoms with Gasteiger partial charge in [-0.15, -0.1) is 5.92 Å². The van der Waals surface area contributed by atoms with Crippen LogP contribution in [0.4, 0.5) is 5.69 Å². The number of nitrogens with zero attached hydrogens (tertiary/aromatic N) is 3. The van der Waals surface area contributed by atoms with Crippen LogP contribution >= 0.6 is 0 Å². The van der Waals surface area contributed by atoms with Gasteiger partial charge in [0.15, 0.2) is 5.70 Å². The van der Waals surface area contributed by atoms with Crippen molar-refractivity contribution < 1.29 is 37.0 Å². The molecule has 1 spiro atoms. The fraction of sp³-hybridized carbons (Fsp3) is 0.333. The first-order chi connectivity index (χ1) is 20.1. The number of hydrogen-bond acceptors (Lipinski definition) is 10. The molecule has 3 atom stereocenters. The molecule has 0 aromatic heterocycles. The third-order valence-corrected chi connectivity index (χ3v) is 9.70. The van der Waals surface area contributed by atoms with Crippen LogP contribution in [0.25, 0.3) is 0 Å². The summed E-state index contributed by atoms with van der Waals surface area (Å²) in [7, 11) is -0.975. The first-order valence-corrected chi connectivity index (χ1v) is 14.5. The summed E-state index contributed by atoms with van der Waals surface area (Å²) in [6.07, 6.45) is -0.129. The molecule has 2 aromatic carbocycles. The molecule has 218 valence electrons. The summed E-state index contributed by atoms with van der Waals surface area (Å²) >= 11 is 0. The molecule has 0 amide bonds. The summed E-state index contributed by atoms with van der Waals surface area (Å²) in [6.45, 7) is 3.61. The van der Waals surface area contributed by atoms with E-state index < -0.39 is 51.1 Å². The second-order valence-electron chi connectivity index (χ2n) is 9.98. The lowest BCUT2D eigenvalue weighted by atomic mass is 9.69. The molecule has 5 rings (SSSR count). The third-order valence-electron chi connectivity index (χ3n) is 7.89. The molecule has 0 N–H and O–H groups in total. The van der Waals surface area contributed by atoms with Gasteiger partial charge in [0.2, 0.25) is 0 Å². The Morgan fingerprint density at radius 2 is 1.67 bits per heavy atom. The summed E-state index contributed by atoms with van der Waals surface area (Å²) < 4.78 is 44.9. The predicted molar refractivity (Wildman–Crippen MR) is 152 cm³/mol. The Morgan fingerprint density at radius 3 is 2.29 bits per heavy atom. The van der Waals surface area contributed by atoms with Crippen molar-refractivity contribution in [2.75, 3.05) is 32.8 Å². The van der Waals surface area contributed by atoms with E-state index in [1.54, 1.807) is 37.3 Å². The smallest absolute Gasteiger partial charge is 0.357 e. The number of benzene rings is 2. The van der Waals surface area contributed by atoms with Gasteiger partial charge >= 0.3 is 17.9 Å². The molecule has 12 heteroatoms. The van der Waals surface area contributed by atoms with Crippen LogP contribution < -0.4 is 4.90 Å². The number of rotatable bonds is 6. The number of para-hydroxylation sites is 1. The fourth-order valence-electron chi connectivity index (χ4n) is 6.12. The Kier molecular flexibility index (Phi) is 7.32. The van der Waals surface area contributed by atoms with E-state index in [0.717, 1.165) is 17.0 Å². The van der Waals surface area contributed by atoms with E-state index in [-0.39, 0.29) is 29.3 Å². The Morgan fingerprint density at radius 1 is 1.00 bits per heavy atom. The zero-order valence-electron chi connectivity index (χ0n) is 23.7. The number of ether oxygens (including phenoxy) is 3. The van der Waals surface area contributed by atoms with Gasteiger partial charge < -0.3 is 19.1 Å². The Hall–Kier alpha value is -4.63. The minimum atomic E-state index is -4.45. The molecule has 0 aliphatic carbocycles. The number of sulfonamides is 1. The lowest BCUT2D eigenvalue weighted by Gasteiger charge is -2.40. The van der Waals surface area contributed by atoms with Crippen LogP contribution in [0.15, 0.2) is 69.7 Å². The van der Waals surface area contributed by atoms with Gasteiger partial charge in [-0.2, -0.15) is 0 Å². The number of esters is 3. The van der Waals surface area contributed by atoms with Gasteiger partial charge in [0.25, 0.3) is 10.0 Å². The zero-order valence-corrected chi connectivity index (χ0v) is 24.5. The van der Waals surface area contributed by atoms with Gasteiger partial charge in [-0.3, -0.25) is 0 Å². The van der Waals surface area contributed by atoms with E-state index in [2.05, 4.69) is 16.8 Å². The quantitative estimate of drug-likeness (QED) is 0.281. The van der Waals surface area contributed by atoms with Gasteiger partial charge in [-0.1, -0.05) is 41.8 Å². The first kappa shape index (κ1) is 28.9. The summed E-state index contributed by atoms with van der Waals surface area (Å²) in [5.74, 6) is 3.13. The SMILES string of the molecule is CC#CCN1c2ccccc2[C@]23C[C@@H](C(=O)OC)N(S(=O)(=O)c4ccc(C)cc4)C2=NC(C(=O)OC)=C(C(=O)OC)[C@H]13. The molecule has 3 aliphatic heterocycles. The van der Waals surface area contributed by atoms with Crippen molar-refractivity contribution >= 4 is 39.5 Å². The van der Waals surface area contributed by atoms with E-state index in [1.807, 2.05) is 17.9 Å². The lowest BCUT2D eigenvalue weighted by Crippen LogP contribution is -2.55. The highest BCUT2D eigenvalue weighted by molar-refractivity contribution is 7.89. The van der Waals surface area contributed by atoms with Crippen molar-refractivity contribution in [3.05, 3.63) is 70.9 Å². The van der Waals surface area contributed by atoms with Gasteiger partial charge in [0, 0.05) is 5.69 Å². The van der Waals surface area contributed by atoms with Gasteiger partial charge in [-0.25, -0.2) is 32.1 Å². The summed E-state index contributed by atoms with van der Waals surface area (Å²) in [6, 6.07) is 11.0. The van der Waals surface area contributed by atoms with Gasteiger partial charge in [0.05, 0.1) is 49.8 Å². The average molecular weight is 592 g/mol.